The second kappa shape index (κ2) is 16.2. The quantitative estimate of drug-likeness (QED) is 0.253. The van der Waals surface area contributed by atoms with E-state index < -0.39 is 12.2 Å². The first-order valence-electron chi connectivity index (χ1n) is 15.5. The van der Waals surface area contributed by atoms with Crippen molar-refractivity contribution in [2.45, 2.75) is 88.4 Å². The van der Waals surface area contributed by atoms with E-state index in [1.807, 2.05) is 20.3 Å². The molecule has 2 rings (SSSR count). The lowest BCUT2D eigenvalue weighted by molar-refractivity contribution is 0.142. The van der Waals surface area contributed by atoms with E-state index in [9.17, 15) is 10.2 Å². The van der Waals surface area contributed by atoms with E-state index in [1.165, 1.54) is 22.3 Å². The Kier molecular flexibility index (Phi) is 13.7. The Labute approximate surface area is 263 Å². The van der Waals surface area contributed by atoms with Gasteiger partial charge in [0.1, 0.15) is 0 Å². The van der Waals surface area contributed by atoms with Gasteiger partial charge in [0.25, 0.3) is 0 Å². The van der Waals surface area contributed by atoms with Crippen LogP contribution in [0.4, 0.5) is 0 Å². The molecule has 0 spiro atoms. The molecule has 0 saturated heterocycles. The molecule has 2 heteroatoms. The van der Waals surface area contributed by atoms with Crippen molar-refractivity contribution < 1.29 is 10.2 Å². The minimum absolute atomic E-state index is 0.0516. The average molecular weight is 580 g/mol. The highest BCUT2D eigenvalue weighted by atomic mass is 16.3. The average Bonchev–Trinajstić information content (AvgIpc) is 2.91. The molecule has 3 radical (unpaired) electrons. The van der Waals surface area contributed by atoms with Crippen molar-refractivity contribution in [3.63, 3.8) is 0 Å². The molecule has 2 nitrogen and oxygen atoms in total. The summed E-state index contributed by atoms with van der Waals surface area (Å²) in [6.45, 7) is 23.3. The molecule has 2 aliphatic carbocycles. The van der Waals surface area contributed by atoms with Gasteiger partial charge in [0.15, 0.2) is 0 Å². The first kappa shape index (κ1) is 36.3. The van der Waals surface area contributed by atoms with E-state index in [0.717, 1.165) is 22.3 Å². The van der Waals surface area contributed by atoms with Crippen LogP contribution in [-0.2, 0) is 0 Å². The fraction of sp³-hybridized carbons (Fsp3) is 0.390. The van der Waals surface area contributed by atoms with Crippen LogP contribution in [0.15, 0.2) is 130 Å². The van der Waals surface area contributed by atoms with Gasteiger partial charge in [-0.1, -0.05) is 142 Å². The molecular weight excluding hydrogens is 524 g/mol. The first-order valence-corrected chi connectivity index (χ1v) is 15.5. The van der Waals surface area contributed by atoms with Crippen molar-refractivity contribution in [1.29, 1.82) is 0 Å². The maximum absolute atomic E-state index is 10.5. The van der Waals surface area contributed by atoms with Crippen LogP contribution in [-0.4, -0.2) is 22.4 Å². The molecule has 0 amide bonds. The van der Waals surface area contributed by atoms with Gasteiger partial charge in [-0.05, 0) is 99.8 Å². The van der Waals surface area contributed by atoms with Gasteiger partial charge in [0.2, 0.25) is 0 Å². The fourth-order valence-electron chi connectivity index (χ4n) is 5.60. The third-order valence-corrected chi connectivity index (χ3v) is 8.29. The smallest absolute Gasteiger partial charge is 0.0788 e. The summed E-state index contributed by atoms with van der Waals surface area (Å²) in [5.41, 5.74) is 8.97. The Hall–Kier alpha value is -2.94. The van der Waals surface area contributed by atoms with Gasteiger partial charge >= 0.3 is 0 Å². The van der Waals surface area contributed by atoms with Gasteiger partial charge in [-0.2, -0.15) is 0 Å². The Balaban J connectivity index is 1.93. The highest BCUT2D eigenvalue weighted by molar-refractivity contribution is 5.44. The fourth-order valence-corrected chi connectivity index (χ4v) is 5.60. The molecule has 2 N–H and O–H groups in total. The summed E-state index contributed by atoms with van der Waals surface area (Å²) in [5.74, 6) is 0.170. The van der Waals surface area contributed by atoms with Gasteiger partial charge in [-0.15, -0.1) is 0 Å². The highest BCUT2D eigenvalue weighted by Crippen LogP contribution is 2.43. The van der Waals surface area contributed by atoms with Crippen LogP contribution in [0.25, 0.3) is 0 Å². The zero-order valence-corrected chi connectivity index (χ0v) is 28.4. The molecule has 43 heavy (non-hydrogen) atoms. The number of allylic oxidation sites excluding steroid dienone is 20. The van der Waals surface area contributed by atoms with Crippen LogP contribution in [0.5, 0.6) is 0 Å². The van der Waals surface area contributed by atoms with Gasteiger partial charge in [-0.3, -0.25) is 0 Å². The van der Waals surface area contributed by atoms with Crippen LogP contribution in [0.3, 0.4) is 0 Å². The standard InChI is InChI=1S/C41H55O2/c1-29(18-14-20-31(3)22-24-36-34(6)38(42)26-27-40(36,8)9)16-12-13-17-30(2)19-15-21-32(4)23-25-37-35(7)39(43)33(5)28-41(37,10)11/h12-28,33,38-39,42-43H,1-11H3/b13-12+,18-14+,19-15+,24-22+,25-23+,29-16+,30-17+,31-20+,32-21+. The third-order valence-electron chi connectivity index (χ3n) is 8.29. The molecule has 0 aliphatic heterocycles. The molecule has 0 bridgehead atoms. The molecule has 0 aromatic carbocycles. The molecular formula is C41H55O2. The monoisotopic (exact) mass is 579 g/mol. The lowest BCUT2D eigenvalue weighted by atomic mass is 9.67. The van der Waals surface area contributed by atoms with Crippen LogP contribution in [0, 0.1) is 36.0 Å². The second-order valence-electron chi connectivity index (χ2n) is 13.3. The molecule has 0 fully saturated rings. The van der Waals surface area contributed by atoms with Crippen molar-refractivity contribution in [2.75, 3.05) is 0 Å². The van der Waals surface area contributed by atoms with Crippen LogP contribution >= 0.6 is 0 Å². The Bertz CT molecular complexity index is 1320. The summed E-state index contributed by atoms with van der Waals surface area (Å²) < 4.78 is 0. The SMILES string of the molecule is CC1=C(/C=C/C(C)=C/C=C/C(C)=C/C=C/C=C(C)/C=C/C=C(C)/C=C/C2=C(C)C(O)C(C)[CH]C2(C)C)C(C)(C)[CH][CH]C1O. The Morgan fingerprint density at radius 1 is 0.628 bits per heavy atom. The number of rotatable bonds is 10. The number of aliphatic hydroxyl groups excluding tert-OH is 2. The second-order valence-corrected chi connectivity index (χ2v) is 13.3. The van der Waals surface area contributed by atoms with Crippen molar-refractivity contribution in [3.8, 4) is 0 Å². The van der Waals surface area contributed by atoms with Crippen LogP contribution in [0.2, 0.25) is 0 Å². The highest BCUT2D eigenvalue weighted by Gasteiger charge is 2.35. The first-order chi connectivity index (χ1) is 20.0. The third kappa shape index (κ3) is 11.2. The normalized spacial score (nSPS) is 26.5. The van der Waals surface area contributed by atoms with E-state index >= 15 is 0 Å². The summed E-state index contributed by atoms with van der Waals surface area (Å²) in [6.07, 6.45) is 34.7. The molecule has 2 aliphatic rings. The maximum atomic E-state index is 10.5. The largest absolute Gasteiger partial charge is 0.388 e. The lowest BCUT2D eigenvalue weighted by Gasteiger charge is -2.39. The summed E-state index contributed by atoms with van der Waals surface area (Å²) in [4.78, 5) is 0. The minimum atomic E-state index is -0.497. The molecule has 3 atom stereocenters. The van der Waals surface area contributed by atoms with Crippen molar-refractivity contribution in [2.24, 2.45) is 16.7 Å². The zero-order chi connectivity index (χ0) is 32.4. The maximum Gasteiger partial charge on any atom is 0.0788 e. The molecule has 0 heterocycles. The predicted octanol–water partition coefficient (Wildman–Crippen LogP) is 10.2. The molecule has 231 valence electrons. The number of aliphatic hydroxyl groups is 2. The number of hydrogen-bond donors (Lipinski definition) is 2. The molecule has 3 unspecified atom stereocenters. The van der Waals surface area contributed by atoms with E-state index in [2.05, 4.69) is 160 Å². The summed E-state index contributed by atoms with van der Waals surface area (Å²) in [5, 5.41) is 20.7. The van der Waals surface area contributed by atoms with Crippen LogP contribution in [0.1, 0.15) is 76.2 Å². The lowest BCUT2D eigenvalue weighted by Crippen LogP contribution is -2.34. The minimum Gasteiger partial charge on any atom is -0.388 e. The van der Waals surface area contributed by atoms with Crippen LogP contribution < -0.4 is 0 Å². The van der Waals surface area contributed by atoms with E-state index in [-0.39, 0.29) is 16.7 Å². The van der Waals surface area contributed by atoms with Crippen molar-refractivity contribution in [3.05, 3.63) is 149 Å². The topological polar surface area (TPSA) is 40.5 Å². The Morgan fingerprint density at radius 2 is 1.05 bits per heavy atom. The Morgan fingerprint density at radius 3 is 1.53 bits per heavy atom. The molecule has 0 aromatic rings. The van der Waals surface area contributed by atoms with E-state index in [4.69, 9.17) is 0 Å². The van der Waals surface area contributed by atoms with E-state index in [0.29, 0.717) is 0 Å². The predicted molar refractivity (Wildman–Crippen MR) is 188 cm³/mol. The molecule has 0 saturated carbocycles. The number of hydrogen-bond acceptors (Lipinski definition) is 2. The van der Waals surface area contributed by atoms with Crippen molar-refractivity contribution in [1.82, 2.24) is 0 Å². The summed E-state index contributed by atoms with van der Waals surface area (Å²) in [6, 6.07) is 0. The van der Waals surface area contributed by atoms with Crippen molar-refractivity contribution >= 4 is 0 Å². The summed E-state index contributed by atoms with van der Waals surface area (Å²) in [7, 11) is 0. The van der Waals surface area contributed by atoms with Gasteiger partial charge < -0.3 is 10.2 Å². The summed E-state index contributed by atoms with van der Waals surface area (Å²) >= 11 is 0. The zero-order valence-electron chi connectivity index (χ0n) is 28.4. The van der Waals surface area contributed by atoms with Gasteiger partial charge in [0, 0.05) is 0 Å². The molecule has 0 aromatic heterocycles. The van der Waals surface area contributed by atoms with E-state index in [1.54, 1.807) is 0 Å². The van der Waals surface area contributed by atoms with Gasteiger partial charge in [0.05, 0.1) is 12.2 Å². The van der Waals surface area contributed by atoms with Gasteiger partial charge in [-0.25, -0.2) is 0 Å².